The van der Waals surface area contributed by atoms with Gasteiger partial charge in [-0.1, -0.05) is 0 Å². The highest BCUT2D eigenvalue weighted by Gasteiger charge is 2.23. The highest BCUT2D eigenvalue weighted by molar-refractivity contribution is 5.94. The van der Waals surface area contributed by atoms with Gasteiger partial charge in [-0.2, -0.15) is 0 Å². The lowest BCUT2D eigenvalue weighted by molar-refractivity contribution is -0.111. The van der Waals surface area contributed by atoms with Crippen molar-refractivity contribution in [3.8, 4) is 5.75 Å². The summed E-state index contributed by atoms with van der Waals surface area (Å²) >= 11 is 0. The molecule has 1 fully saturated rings. The molecule has 6 nitrogen and oxygen atoms in total. The van der Waals surface area contributed by atoms with Crippen LogP contribution in [0.4, 0.5) is 11.4 Å². The van der Waals surface area contributed by atoms with E-state index in [9.17, 15) is 9.59 Å². The SMILES string of the molecule is COc1ccc(N2CCN(C(C=O)Nc3ccc(C(C)=O)cc3)CC2)cc1. The Morgan fingerprint density at radius 3 is 2.19 bits per heavy atom. The predicted molar refractivity (Wildman–Crippen MR) is 107 cm³/mol. The first-order chi connectivity index (χ1) is 13.1. The van der Waals surface area contributed by atoms with E-state index in [0.717, 1.165) is 49.6 Å². The molecule has 0 radical (unpaired) electrons. The molecule has 1 unspecified atom stereocenters. The number of hydrogen-bond acceptors (Lipinski definition) is 6. The van der Waals surface area contributed by atoms with Crippen LogP contribution in [0.5, 0.6) is 5.75 Å². The Balaban J connectivity index is 1.57. The number of rotatable bonds is 7. The number of carbonyl (C=O) groups is 2. The summed E-state index contributed by atoms with van der Waals surface area (Å²) in [6, 6.07) is 15.2. The molecule has 1 aliphatic heterocycles. The topological polar surface area (TPSA) is 61.9 Å². The number of carbonyl (C=O) groups excluding carboxylic acids is 2. The van der Waals surface area contributed by atoms with Crippen molar-refractivity contribution in [1.82, 2.24) is 4.90 Å². The van der Waals surface area contributed by atoms with Crippen molar-refractivity contribution in [3.63, 3.8) is 0 Å². The molecule has 0 spiro atoms. The van der Waals surface area contributed by atoms with E-state index in [1.807, 2.05) is 24.3 Å². The van der Waals surface area contributed by atoms with Crippen LogP contribution in [0.1, 0.15) is 17.3 Å². The fraction of sp³-hybridized carbons (Fsp3) is 0.333. The van der Waals surface area contributed by atoms with Crippen molar-refractivity contribution in [1.29, 1.82) is 0 Å². The largest absolute Gasteiger partial charge is 0.497 e. The standard InChI is InChI=1S/C21H25N3O3/c1-16(26)17-3-5-18(6-4-17)22-21(15-25)24-13-11-23(12-14-24)19-7-9-20(27-2)10-8-19/h3-10,15,21-22H,11-14H2,1-2H3. The van der Waals surface area contributed by atoms with Crippen LogP contribution < -0.4 is 15.0 Å². The maximum atomic E-state index is 11.6. The van der Waals surface area contributed by atoms with E-state index in [1.165, 1.54) is 0 Å². The van der Waals surface area contributed by atoms with E-state index in [0.29, 0.717) is 5.56 Å². The Kier molecular flexibility index (Phi) is 6.08. The maximum Gasteiger partial charge on any atom is 0.159 e. The molecule has 3 rings (SSSR count). The van der Waals surface area contributed by atoms with Crippen molar-refractivity contribution >= 4 is 23.4 Å². The van der Waals surface area contributed by atoms with Crippen LogP contribution in [-0.2, 0) is 4.79 Å². The van der Waals surface area contributed by atoms with Gasteiger partial charge in [0.1, 0.15) is 11.9 Å². The van der Waals surface area contributed by atoms with Crippen molar-refractivity contribution in [2.75, 3.05) is 43.5 Å². The third-order valence-corrected chi connectivity index (χ3v) is 4.88. The Hall–Kier alpha value is -2.86. The van der Waals surface area contributed by atoms with Gasteiger partial charge in [-0.3, -0.25) is 14.5 Å². The quantitative estimate of drug-likeness (QED) is 0.600. The highest BCUT2D eigenvalue weighted by Crippen LogP contribution is 2.21. The number of piperazine rings is 1. The average Bonchev–Trinajstić information content (AvgIpc) is 2.72. The zero-order chi connectivity index (χ0) is 19.2. The average molecular weight is 367 g/mol. The van der Waals surface area contributed by atoms with Crippen molar-refractivity contribution in [2.24, 2.45) is 0 Å². The number of ether oxygens (including phenoxy) is 1. The molecule has 142 valence electrons. The summed E-state index contributed by atoms with van der Waals surface area (Å²) in [4.78, 5) is 27.4. The van der Waals surface area contributed by atoms with Gasteiger partial charge in [0.05, 0.1) is 7.11 Å². The van der Waals surface area contributed by atoms with E-state index in [1.54, 1.807) is 26.2 Å². The molecular weight excluding hydrogens is 342 g/mol. The minimum Gasteiger partial charge on any atom is -0.497 e. The van der Waals surface area contributed by atoms with E-state index in [2.05, 4.69) is 27.2 Å². The molecule has 1 N–H and O–H groups in total. The molecular formula is C21H25N3O3. The monoisotopic (exact) mass is 367 g/mol. The smallest absolute Gasteiger partial charge is 0.159 e. The summed E-state index contributed by atoms with van der Waals surface area (Å²) in [7, 11) is 1.66. The molecule has 0 aromatic heterocycles. The number of anilines is 2. The second-order valence-electron chi connectivity index (χ2n) is 6.58. The molecule has 1 saturated heterocycles. The summed E-state index contributed by atoms with van der Waals surface area (Å²) in [5.74, 6) is 0.876. The molecule has 0 aliphatic carbocycles. The zero-order valence-electron chi connectivity index (χ0n) is 15.7. The van der Waals surface area contributed by atoms with Gasteiger partial charge in [0.15, 0.2) is 12.1 Å². The normalized spacial score (nSPS) is 15.9. The maximum absolute atomic E-state index is 11.6. The van der Waals surface area contributed by atoms with E-state index in [4.69, 9.17) is 4.74 Å². The molecule has 6 heteroatoms. The van der Waals surface area contributed by atoms with Gasteiger partial charge in [0, 0.05) is 43.1 Å². The molecule has 0 bridgehead atoms. The molecule has 0 saturated carbocycles. The van der Waals surface area contributed by atoms with Gasteiger partial charge in [0.25, 0.3) is 0 Å². The first-order valence-electron chi connectivity index (χ1n) is 9.06. The Labute approximate surface area is 159 Å². The molecule has 1 heterocycles. The Bertz CT molecular complexity index is 766. The number of hydrogen-bond donors (Lipinski definition) is 1. The van der Waals surface area contributed by atoms with Crippen LogP contribution in [0, 0.1) is 0 Å². The fourth-order valence-electron chi connectivity index (χ4n) is 3.23. The molecule has 27 heavy (non-hydrogen) atoms. The van der Waals surface area contributed by atoms with Crippen molar-refractivity contribution in [2.45, 2.75) is 13.1 Å². The van der Waals surface area contributed by atoms with Gasteiger partial charge < -0.3 is 15.0 Å². The number of benzene rings is 2. The van der Waals surface area contributed by atoms with Crippen LogP contribution in [0.3, 0.4) is 0 Å². The zero-order valence-corrected chi connectivity index (χ0v) is 15.7. The highest BCUT2D eigenvalue weighted by atomic mass is 16.5. The second kappa shape index (κ2) is 8.68. The van der Waals surface area contributed by atoms with E-state index < -0.39 is 0 Å². The van der Waals surface area contributed by atoms with Crippen LogP contribution >= 0.6 is 0 Å². The summed E-state index contributed by atoms with van der Waals surface area (Å²) in [6.07, 6.45) is 0.549. The van der Waals surface area contributed by atoms with Crippen molar-refractivity contribution in [3.05, 3.63) is 54.1 Å². The predicted octanol–water partition coefficient (Wildman–Crippen LogP) is 2.66. The summed E-state index contributed by atoms with van der Waals surface area (Å²) in [5.41, 5.74) is 2.65. The van der Waals surface area contributed by atoms with Gasteiger partial charge in [0.2, 0.25) is 0 Å². The van der Waals surface area contributed by atoms with Gasteiger partial charge in [-0.25, -0.2) is 0 Å². The fourth-order valence-corrected chi connectivity index (χ4v) is 3.23. The third-order valence-electron chi connectivity index (χ3n) is 4.88. The Morgan fingerprint density at radius 2 is 1.67 bits per heavy atom. The number of Topliss-reactive ketones (excluding diaryl/α,β-unsaturated/α-hetero) is 1. The number of methoxy groups -OCH3 is 1. The first-order valence-corrected chi connectivity index (χ1v) is 9.06. The molecule has 2 aromatic rings. The molecule has 2 aromatic carbocycles. The number of nitrogens with zero attached hydrogens (tertiary/aromatic N) is 2. The number of ketones is 1. The molecule has 1 aliphatic rings. The Morgan fingerprint density at radius 1 is 1.04 bits per heavy atom. The second-order valence-corrected chi connectivity index (χ2v) is 6.58. The third kappa shape index (κ3) is 4.65. The summed E-state index contributed by atoms with van der Waals surface area (Å²) in [5, 5.41) is 3.25. The summed E-state index contributed by atoms with van der Waals surface area (Å²) in [6.45, 7) is 4.81. The molecule has 0 amide bonds. The lowest BCUT2D eigenvalue weighted by Crippen LogP contribution is -2.53. The lowest BCUT2D eigenvalue weighted by atomic mass is 10.1. The van der Waals surface area contributed by atoms with Crippen LogP contribution in [0.25, 0.3) is 0 Å². The lowest BCUT2D eigenvalue weighted by Gasteiger charge is -2.38. The van der Waals surface area contributed by atoms with E-state index in [-0.39, 0.29) is 11.9 Å². The van der Waals surface area contributed by atoms with E-state index >= 15 is 0 Å². The van der Waals surface area contributed by atoms with Crippen LogP contribution in [-0.4, -0.2) is 56.4 Å². The minimum absolute atomic E-state index is 0.0307. The van der Waals surface area contributed by atoms with Gasteiger partial charge in [-0.05, 0) is 55.5 Å². The van der Waals surface area contributed by atoms with Crippen molar-refractivity contribution < 1.29 is 14.3 Å². The minimum atomic E-state index is -0.383. The van der Waals surface area contributed by atoms with Crippen LogP contribution in [0.15, 0.2) is 48.5 Å². The van der Waals surface area contributed by atoms with Gasteiger partial charge in [-0.15, -0.1) is 0 Å². The van der Waals surface area contributed by atoms with Crippen LogP contribution in [0.2, 0.25) is 0 Å². The molecule has 1 atom stereocenters. The number of nitrogens with one attached hydrogen (secondary N) is 1. The van der Waals surface area contributed by atoms with Gasteiger partial charge >= 0.3 is 0 Å². The first kappa shape index (κ1) is 18.9. The summed E-state index contributed by atoms with van der Waals surface area (Å²) < 4.78 is 5.20. The number of aldehydes is 1.